The fourth-order valence-corrected chi connectivity index (χ4v) is 1.93. The number of nitrogens with one attached hydrogen (secondary N) is 2. The first-order valence-corrected chi connectivity index (χ1v) is 6.19. The summed E-state index contributed by atoms with van der Waals surface area (Å²) in [6.45, 7) is 0. The first kappa shape index (κ1) is 12.2. The highest BCUT2D eigenvalue weighted by Crippen LogP contribution is 2.16. The van der Waals surface area contributed by atoms with E-state index in [-0.39, 0.29) is 0 Å². The molecule has 0 aliphatic rings. The minimum Gasteiger partial charge on any atom is -0.332 e. The van der Waals surface area contributed by atoms with Crippen molar-refractivity contribution in [1.82, 2.24) is 0 Å². The quantitative estimate of drug-likeness (QED) is 0.630. The van der Waals surface area contributed by atoms with Crippen LogP contribution in [0.2, 0.25) is 0 Å². The smallest absolute Gasteiger partial charge is 0.0438 e. The van der Waals surface area contributed by atoms with Gasteiger partial charge in [-0.1, -0.05) is 49.9 Å². The molecule has 2 rings (SSSR count). The molecule has 0 aliphatic carbocycles. The Labute approximate surface area is 113 Å². The number of hydrogen-bond donors (Lipinski definition) is 4. The van der Waals surface area contributed by atoms with E-state index in [4.69, 9.17) is 0 Å². The molecule has 2 nitrogen and oxygen atoms in total. The Balaban J connectivity index is 2.08. The van der Waals surface area contributed by atoms with E-state index in [9.17, 15) is 0 Å². The zero-order chi connectivity index (χ0) is 12.1. The molecule has 0 bridgehead atoms. The fraction of sp³-hybridized carbons (Fsp3) is 0.0769. The van der Waals surface area contributed by atoms with Crippen molar-refractivity contribution >= 4 is 37.0 Å². The number of rotatable bonds is 4. The molecule has 0 aromatic heterocycles. The molecule has 2 aromatic carbocycles. The lowest BCUT2D eigenvalue weighted by molar-refractivity contribution is 1.19. The lowest BCUT2D eigenvalue weighted by Gasteiger charge is -2.05. The second-order valence-electron chi connectivity index (χ2n) is 3.79. The molecule has 0 fully saturated rings. The summed E-state index contributed by atoms with van der Waals surface area (Å²) in [6, 6.07) is 16.5. The van der Waals surface area contributed by atoms with E-state index in [1.54, 1.807) is 0 Å². The van der Waals surface area contributed by atoms with E-state index in [0.717, 1.165) is 17.8 Å². The van der Waals surface area contributed by atoms with Crippen LogP contribution in [0.15, 0.2) is 48.5 Å². The van der Waals surface area contributed by atoms with E-state index < -0.39 is 0 Å². The van der Waals surface area contributed by atoms with Crippen molar-refractivity contribution in [1.29, 1.82) is 0 Å². The summed E-state index contributed by atoms with van der Waals surface area (Å²) in [5, 5.41) is 0. The number of benzene rings is 2. The largest absolute Gasteiger partial charge is 0.332 e. The van der Waals surface area contributed by atoms with Gasteiger partial charge in [-0.2, -0.15) is 0 Å². The molecule has 88 valence electrons. The second-order valence-corrected chi connectivity index (χ2v) is 4.24. The van der Waals surface area contributed by atoms with E-state index in [1.165, 1.54) is 11.1 Å². The van der Waals surface area contributed by atoms with Gasteiger partial charge in [-0.05, 0) is 41.8 Å². The van der Waals surface area contributed by atoms with Gasteiger partial charge in [0.15, 0.2) is 0 Å². The summed E-state index contributed by atoms with van der Waals surface area (Å²) >= 11 is 8.00. The van der Waals surface area contributed by atoms with Crippen molar-refractivity contribution in [2.75, 3.05) is 9.44 Å². The average Bonchev–Trinajstić information content (AvgIpc) is 2.40. The van der Waals surface area contributed by atoms with Gasteiger partial charge in [0.1, 0.15) is 0 Å². The molecule has 0 atom stereocenters. The van der Waals surface area contributed by atoms with E-state index in [1.807, 2.05) is 24.3 Å². The predicted octanol–water partition coefficient (Wildman–Crippen LogP) is 3.79. The number of anilines is 2. The van der Waals surface area contributed by atoms with Gasteiger partial charge in [-0.15, -0.1) is 0 Å². The first-order valence-electron chi connectivity index (χ1n) is 5.30. The normalized spacial score (nSPS) is 10.0. The molecular weight excluding hydrogens is 248 g/mol. The lowest BCUT2D eigenvalue weighted by atomic mass is 10.0. The van der Waals surface area contributed by atoms with Crippen LogP contribution in [0.3, 0.4) is 0 Å². The monoisotopic (exact) mass is 262 g/mol. The minimum atomic E-state index is 0.930. The van der Waals surface area contributed by atoms with Crippen molar-refractivity contribution in [2.24, 2.45) is 0 Å². The Hall–Kier alpha value is -1.26. The lowest BCUT2D eigenvalue weighted by Crippen LogP contribution is -1.89. The van der Waals surface area contributed by atoms with Crippen LogP contribution < -0.4 is 9.44 Å². The topological polar surface area (TPSA) is 24.1 Å². The SMILES string of the molecule is SNc1ccc(Cc2ccc(NS)cc2)cc1. The molecule has 17 heavy (non-hydrogen) atoms. The van der Waals surface area contributed by atoms with Gasteiger partial charge < -0.3 is 9.44 Å². The number of hydrogen-bond acceptors (Lipinski definition) is 4. The molecule has 0 unspecified atom stereocenters. The van der Waals surface area contributed by atoms with Crippen LogP contribution in [0.5, 0.6) is 0 Å². The third-order valence-corrected chi connectivity index (χ3v) is 3.09. The van der Waals surface area contributed by atoms with Crippen LogP contribution in [-0.4, -0.2) is 0 Å². The zero-order valence-electron chi connectivity index (χ0n) is 9.22. The number of thiol groups is 2. The molecule has 0 amide bonds. The Bertz CT molecular complexity index is 420. The van der Waals surface area contributed by atoms with Crippen molar-refractivity contribution in [3.05, 3.63) is 59.7 Å². The highest BCUT2D eigenvalue weighted by molar-refractivity contribution is 7.81. The van der Waals surface area contributed by atoms with Gasteiger partial charge in [0.05, 0.1) is 0 Å². The van der Waals surface area contributed by atoms with Crippen molar-refractivity contribution < 1.29 is 0 Å². The van der Waals surface area contributed by atoms with Gasteiger partial charge in [-0.3, -0.25) is 0 Å². The summed E-state index contributed by atoms with van der Waals surface area (Å²) in [5.74, 6) is 0. The molecule has 0 heterocycles. The van der Waals surface area contributed by atoms with Crippen LogP contribution in [0.4, 0.5) is 11.4 Å². The molecule has 0 spiro atoms. The van der Waals surface area contributed by atoms with E-state index in [0.29, 0.717) is 0 Å². The maximum absolute atomic E-state index is 4.00. The third kappa shape index (κ3) is 3.35. The zero-order valence-corrected chi connectivity index (χ0v) is 11.0. The van der Waals surface area contributed by atoms with Crippen LogP contribution in [0, 0.1) is 0 Å². The highest BCUT2D eigenvalue weighted by Gasteiger charge is 1.97. The standard InChI is InChI=1S/C13H14N2S2/c16-14-12-5-1-10(2-6-12)9-11-3-7-13(15-17)8-4-11/h1-8,14-17H,9H2. The summed E-state index contributed by atoms with van der Waals surface area (Å²) in [5.41, 5.74) is 4.58. The van der Waals surface area contributed by atoms with Crippen LogP contribution in [-0.2, 0) is 6.42 Å². The third-order valence-electron chi connectivity index (χ3n) is 2.57. The summed E-state index contributed by atoms with van der Waals surface area (Å²) < 4.78 is 5.62. The molecule has 2 aromatic rings. The summed E-state index contributed by atoms with van der Waals surface area (Å²) in [7, 11) is 0. The van der Waals surface area contributed by atoms with Crippen LogP contribution in [0.1, 0.15) is 11.1 Å². The Morgan fingerprint density at radius 3 is 1.29 bits per heavy atom. The van der Waals surface area contributed by atoms with Gasteiger partial charge in [-0.25, -0.2) is 0 Å². The van der Waals surface area contributed by atoms with Gasteiger partial charge in [0, 0.05) is 11.4 Å². The Kier molecular flexibility index (Phi) is 4.23. The highest BCUT2D eigenvalue weighted by atomic mass is 32.1. The van der Waals surface area contributed by atoms with Crippen molar-refractivity contribution in [3.8, 4) is 0 Å². The molecule has 4 heteroatoms. The van der Waals surface area contributed by atoms with E-state index >= 15 is 0 Å². The Morgan fingerprint density at radius 1 is 0.647 bits per heavy atom. The molecule has 0 radical (unpaired) electrons. The van der Waals surface area contributed by atoms with Gasteiger partial charge in [0.25, 0.3) is 0 Å². The maximum atomic E-state index is 4.00. The summed E-state index contributed by atoms with van der Waals surface area (Å²) in [6.07, 6.45) is 0.930. The van der Waals surface area contributed by atoms with Crippen LogP contribution in [0.25, 0.3) is 0 Å². The average molecular weight is 262 g/mol. The molecule has 0 saturated carbocycles. The second kappa shape index (κ2) is 5.89. The first-order chi connectivity index (χ1) is 8.31. The maximum Gasteiger partial charge on any atom is 0.0438 e. The van der Waals surface area contributed by atoms with Gasteiger partial charge >= 0.3 is 0 Å². The van der Waals surface area contributed by atoms with Crippen LogP contribution >= 0.6 is 25.6 Å². The predicted molar refractivity (Wildman–Crippen MR) is 80.9 cm³/mol. The molecule has 2 N–H and O–H groups in total. The van der Waals surface area contributed by atoms with Crippen molar-refractivity contribution in [3.63, 3.8) is 0 Å². The minimum absolute atomic E-state index is 0.930. The fourth-order valence-electron chi connectivity index (χ4n) is 1.63. The van der Waals surface area contributed by atoms with E-state index in [2.05, 4.69) is 59.3 Å². The Morgan fingerprint density at radius 2 is 1.00 bits per heavy atom. The molecular formula is C13H14N2S2. The van der Waals surface area contributed by atoms with Gasteiger partial charge in [0.2, 0.25) is 0 Å². The van der Waals surface area contributed by atoms with Crippen molar-refractivity contribution in [2.45, 2.75) is 6.42 Å². The summed E-state index contributed by atoms with van der Waals surface area (Å²) in [4.78, 5) is 0. The molecule has 0 saturated heterocycles. The molecule has 0 aliphatic heterocycles.